The van der Waals surface area contributed by atoms with Gasteiger partial charge in [0.05, 0.1) is 6.26 Å². The minimum atomic E-state index is 0. The normalized spacial score (nSPS) is 15.0. The summed E-state index contributed by atoms with van der Waals surface area (Å²) < 4.78 is 5.34. The second-order valence-electron chi connectivity index (χ2n) is 5.12. The number of unbranched alkanes of at least 4 members (excludes halogenated alkanes) is 1. The van der Waals surface area contributed by atoms with Crippen LogP contribution in [0.5, 0.6) is 0 Å². The lowest BCUT2D eigenvalue weighted by atomic mass is 10.2. The summed E-state index contributed by atoms with van der Waals surface area (Å²) in [6.07, 6.45) is 11.5. The summed E-state index contributed by atoms with van der Waals surface area (Å²) in [5.74, 6) is 1.94. The maximum Gasteiger partial charge on any atom is 0.191 e. The molecule has 21 heavy (non-hydrogen) atoms. The van der Waals surface area contributed by atoms with Gasteiger partial charge in [-0.3, -0.25) is 4.99 Å². The van der Waals surface area contributed by atoms with E-state index in [0.717, 1.165) is 50.5 Å². The number of guanidine groups is 1. The molecule has 0 radical (unpaired) electrons. The number of hydrogen-bond donors (Lipinski definition) is 2. The van der Waals surface area contributed by atoms with Crippen molar-refractivity contribution in [3.63, 3.8) is 0 Å². The van der Waals surface area contributed by atoms with Crippen LogP contribution >= 0.6 is 24.0 Å². The molecule has 1 heterocycles. The maximum atomic E-state index is 5.34. The van der Waals surface area contributed by atoms with E-state index in [9.17, 15) is 0 Å². The fourth-order valence-corrected chi connectivity index (χ4v) is 2.19. The average Bonchev–Trinajstić information content (AvgIpc) is 3.12. The van der Waals surface area contributed by atoms with Crippen LogP contribution in [0.3, 0.4) is 0 Å². The molecule has 2 N–H and O–H groups in total. The van der Waals surface area contributed by atoms with E-state index >= 15 is 0 Å². The van der Waals surface area contributed by atoms with Crippen molar-refractivity contribution in [2.75, 3.05) is 13.1 Å². The molecule has 0 unspecified atom stereocenters. The van der Waals surface area contributed by atoms with Crippen LogP contribution in [0.1, 0.15) is 38.4 Å². The molecule has 2 rings (SSSR count). The molecule has 0 amide bonds. The van der Waals surface area contributed by atoms with Crippen molar-refractivity contribution in [2.45, 2.75) is 45.1 Å². The van der Waals surface area contributed by atoms with Gasteiger partial charge in [0.2, 0.25) is 0 Å². The van der Waals surface area contributed by atoms with Gasteiger partial charge in [0, 0.05) is 25.6 Å². The van der Waals surface area contributed by atoms with Gasteiger partial charge >= 0.3 is 0 Å². The minimum Gasteiger partial charge on any atom is -0.469 e. The van der Waals surface area contributed by atoms with Crippen LogP contribution in [0.4, 0.5) is 0 Å². The Labute approximate surface area is 144 Å². The Morgan fingerprint density at radius 2 is 2.19 bits per heavy atom. The first-order chi connectivity index (χ1) is 9.88. The van der Waals surface area contributed by atoms with Crippen molar-refractivity contribution in [3.05, 3.63) is 36.3 Å². The number of hydrogen-bond acceptors (Lipinski definition) is 2. The molecule has 4 nitrogen and oxygen atoms in total. The fourth-order valence-electron chi connectivity index (χ4n) is 2.19. The van der Waals surface area contributed by atoms with E-state index in [1.165, 1.54) is 6.42 Å². The second-order valence-corrected chi connectivity index (χ2v) is 5.12. The van der Waals surface area contributed by atoms with Crippen LogP contribution in [0, 0.1) is 0 Å². The first kappa shape index (κ1) is 18.1. The first-order valence-corrected chi connectivity index (χ1v) is 7.60. The van der Waals surface area contributed by atoms with Gasteiger partial charge in [0.25, 0.3) is 0 Å². The largest absolute Gasteiger partial charge is 0.469 e. The summed E-state index contributed by atoms with van der Waals surface area (Å²) in [6.45, 7) is 3.91. The molecule has 1 aromatic heterocycles. The highest BCUT2D eigenvalue weighted by Crippen LogP contribution is 2.08. The van der Waals surface area contributed by atoms with Gasteiger partial charge in [-0.05, 0) is 31.4 Å². The fraction of sp³-hybridized carbons (Fsp3) is 0.562. The zero-order chi connectivity index (χ0) is 14.0. The lowest BCUT2D eigenvalue weighted by Crippen LogP contribution is -2.43. The molecular formula is C16H26IN3O. The predicted octanol–water partition coefficient (Wildman–Crippen LogP) is 3.49. The van der Waals surface area contributed by atoms with Gasteiger partial charge in [-0.25, -0.2) is 0 Å². The molecule has 1 aliphatic rings. The minimum absolute atomic E-state index is 0. The summed E-state index contributed by atoms with van der Waals surface area (Å²) in [7, 11) is 0. The molecule has 0 aromatic carbocycles. The maximum absolute atomic E-state index is 5.34. The standard InChI is InChI=1S/C16H25N3O.HI/c1-2-3-11-17-16(19-14-7-4-5-8-14)18-12-10-15-9-6-13-20-15;/h4-6,9,13-14H,2-3,7-8,10-12H2,1H3,(H2,17,18,19);1H. The van der Waals surface area contributed by atoms with Gasteiger partial charge in [-0.2, -0.15) is 0 Å². The molecule has 0 saturated heterocycles. The van der Waals surface area contributed by atoms with Crippen LogP contribution in [-0.4, -0.2) is 25.1 Å². The summed E-state index contributed by atoms with van der Waals surface area (Å²) in [4.78, 5) is 4.63. The van der Waals surface area contributed by atoms with Crippen LogP contribution in [0.2, 0.25) is 0 Å². The summed E-state index contributed by atoms with van der Waals surface area (Å²) >= 11 is 0. The van der Waals surface area contributed by atoms with Gasteiger partial charge < -0.3 is 15.1 Å². The zero-order valence-electron chi connectivity index (χ0n) is 12.7. The molecule has 0 fully saturated rings. The van der Waals surface area contributed by atoms with E-state index in [2.05, 4.69) is 34.7 Å². The van der Waals surface area contributed by atoms with Gasteiger partial charge in [-0.1, -0.05) is 25.5 Å². The summed E-state index contributed by atoms with van der Waals surface area (Å²) in [6, 6.07) is 4.42. The Morgan fingerprint density at radius 3 is 2.86 bits per heavy atom. The van der Waals surface area contributed by atoms with Crippen LogP contribution in [0.15, 0.2) is 40.0 Å². The number of aliphatic imine (C=N–C) groups is 1. The lowest BCUT2D eigenvalue weighted by Gasteiger charge is -2.17. The van der Waals surface area contributed by atoms with Gasteiger partial charge in [-0.15, -0.1) is 24.0 Å². The van der Waals surface area contributed by atoms with Crippen molar-refractivity contribution < 1.29 is 4.42 Å². The van der Waals surface area contributed by atoms with E-state index in [0.29, 0.717) is 6.04 Å². The Hall–Kier alpha value is -0.980. The summed E-state index contributed by atoms with van der Waals surface area (Å²) in [5, 5.41) is 6.90. The third kappa shape index (κ3) is 7.02. The van der Waals surface area contributed by atoms with Gasteiger partial charge in [0.15, 0.2) is 5.96 Å². The third-order valence-corrected chi connectivity index (χ3v) is 3.37. The first-order valence-electron chi connectivity index (χ1n) is 7.60. The van der Waals surface area contributed by atoms with E-state index in [-0.39, 0.29) is 24.0 Å². The van der Waals surface area contributed by atoms with Gasteiger partial charge in [0.1, 0.15) is 5.76 Å². The van der Waals surface area contributed by atoms with Crippen LogP contribution in [0.25, 0.3) is 0 Å². The number of furan rings is 1. The van der Waals surface area contributed by atoms with E-state index < -0.39 is 0 Å². The van der Waals surface area contributed by atoms with E-state index in [4.69, 9.17) is 4.42 Å². The van der Waals surface area contributed by atoms with Crippen molar-refractivity contribution in [1.29, 1.82) is 0 Å². The lowest BCUT2D eigenvalue weighted by molar-refractivity contribution is 0.506. The number of nitrogens with one attached hydrogen (secondary N) is 2. The highest BCUT2D eigenvalue weighted by molar-refractivity contribution is 14.0. The van der Waals surface area contributed by atoms with E-state index in [1.807, 2.05) is 12.1 Å². The van der Waals surface area contributed by atoms with Crippen LogP contribution < -0.4 is 10.6 Å². The monoisotopic (exact) mass is 403 g/mol. The molecule has 0 aliphatic heterocycles. The Bertz CT molecular complexity index is 421. The Kier molecular flexibility index (Phi) is 9.21. The highest BCUT2D eigenvalue weighted by Gasteiger charge is 2.11. The molecule has 0 atom stereocenters. The predicted molar refractivity (Wildman–Crippen MR) is 98.3 cm³/mol. The van der Waals surface area contributed by atoms with Crippen molar-refractivity contribution in [2.24, 2.45) is 4.99 Å². The molecule has 5 heteroatoms. The van der Waals surface area contributed by atoms with E-state index in [1.54, 1.807) is 6.26 Å². The molecule has 118 valence electrons. The quantitative estimate of drug-likeness (QED) is 0.241. The van der Waals surface area contributed by atoms with Crippen LogP contribution in [-0.2, 0) is 6.42 Å². The smallest absolute Gasteiger partial charge is 0.191 e. The highest BCUT2D eigenvalue weighted by atomic mass is 127. The molecule has 1 aliphatic carbocycles. The second kappa shape index (κ2) is 10.7. The Balaban J connectivity index is 0.00000220. The molecule has 0 spiro atoms. The average molecular weight is 403 g/mol. The molecule has 1 aromatic rings. The number of halogens is 1. The third-order valence-electron chi connectivity index (χ3n) is 3.37. The van der Waals surface area contributed by atoms with Crippen molar-refractivity contribution >= 4 is 29.9 Å². The number of nitrogens with zero attached hydrogens (tertiary/aromatic N) is 1. The van der Waals surface area contributed by atoms with Crippen molar-refractivity contribution in [1.82, 2.24) is 10.6 Å². The molecule has 0 saturated carbocycles. The Morgan fingerprint density at radius 1 is 1.38 bits per heavy atom. The zero-order valence-corrected chi connectivity index (χ0v) is 15.0. The SMILES string of the molecule is CCCCN=C(NCCc1ccco1)NC1CC=CC1.I. The molecular weight excluding hydrogens is 377 g/mol. The van der Waals surface area contributed by atoms with Crippen molar-refractivity contribution in [3.8, 4) is 0 Å². The summed E-state index contributed by atoms with van der Waals surface area (Å²) in [5.41, 5.74) is 0. The topological polar surface area (TPSA) is 49.6 Å². The number of rotatable bonds is 7. The molecule has 0 bridgehead atoms.